The van der Waals surface area contributed by atoms with Gasteiger partial charge in [0.15, 0.2) is 0 Å². The van der Waals surface area contributed by atoms with Crippen molar-refractivity contribution in [2.24, 2.45) is 0 Å². The van der Waals surface area contributed by atoms with Gasteiger partial charge < -0.3 is 14.7 Å². The van der Waals surface area contributed by atoms with Gasteiger partial charge in [-0.05, 0) is 30.7 Å². The van der Waals surface area contributed by atoms with E-state index in [4.69, 9.17) is 4.74 Å². The fourth-order valence-electron chi connectivity index (χ4n) is 2.03. The van der Waals surface area contributed by atoms with Gasteiger partial charge in [-0.2, -0.15) is 0 Å². The molecule has 0 aliphatic carbocycles. The Balaban J connectivity index is 2.40. The summed E-state index contributed by atoms with van der Waals surface area (Å²) < 4.78 is 5.25. The number of anilines is 1. The number of nitrogens with zero attached hydrogens (tertiary/aromatic N) is 1. The standard InChI is InChI=1S/C16H17NO3/c1-11-7-6-8-12(15(11)18)16(19)17(2)13-9-4-5-10-14(13)20-3/h4-10,18H,1-3H3. The molecule has 0 bridgehead atoms. The van der Waals surface area contributed by atoms with E-state index < -0.39 is 0 Å². The van der Waals surface area contributed by atoms with Crippen molar-refractivity contribution in [3.8, 4) is 11.5 Å². The normalized spacial score (nSPS) is 10.2. The number of methoxy groups -OCH3 is 1. The maximum atomic E-state index is 12.5. The highest BCUT2D eigenvalue weighted by molar-refractivity contribution is 6.08. The summed E-state index contributed by atoms with van der Waals surface area (Å²) >= 11 is 0. The van der Waals surface area contributed by atoms with Crippen LogP contribution in [0, 0.1) is 6.92 Å². The first-order valence-corrected chi connectivity index (χ1v) is 6.26. The van der Waals surface area contributed by atoms with Crippen LogP contribution < -0.4 is 9.64 Å². The molecule has 20 heavy (non-hydrogen) atoms. The predicted octanol–water partition coefficient (Wildman–Crippen LogP) is 2.99. The largest absolute Gasteiger partial charge is 0.507 e. The molecular weight excluding hydrogens is 254 g/mol. The zero-order valence-corrected chi connectivity index (χ0v) is 11.8. The number of phenolic OH excluding ortho intramolecular Hbond substituents is 1. The molecule has 104 valence electrons. The minimum atomic E-state index is -0.282. The quantitative estimate of drug-likeness (QED) is 0.933. The molecule has 0 aliphatic rings. The number of para-hydroxylation sites is 3. The number of hydrogen-bond donors (Lipinski definition) is 1. The van der Waals surface area contributed by atoms with E-state index in [1.807, 2.05) is 12.1 Å². The van der Waals surface area contributed by atoms with Gasteiger partial charge in [0.2, 0.25) is 0 Å². The number of aromatic hydroxyl groups is 1. The van der Waals surface area contributed by atoms with E-state index in [-0.39, 0.29) is 17.2 Å². The lowest BCUT2D eigenvalue weighted by molar-refractivity contribution is 0.0989. The molecule has 4 nitrogen and oxygen atoms in total. The lowest BCUT2D eigenvalue weighted by Crippen LogP contribution is -2.26. The van der Waals surface area contributed by atoms with Crippen molar-refractivity contribution in [3.05, 3.63) is 53.6 Å². The van der Waals surface area contributed by atoms with Crippen molar-refractivity contribution < 1.29 is 14.6 Å². The summed E-state index contributed by atoms with van der Waals surface area (Å²) in [5.74, 6) is 0.338. The number of rotatable bonds is 3. The van der Waals surface area contributed by atoms with Crippen molar-refractivity contribution >= 4 is 11.6 Å². The molecule has 0 fully saturated rings. The van der Waals surface area contributed by atoms with Crippen LogP contribution >= 0.6 is 0 Å². The average Bonchev–Trinajstić information content (AvgIpc) is 2.48. The van der Waals surface area contributed by atoms with Crippen LogP contribution in [0.5, 0.6) is 11.5 Å². The van der Waals surface area contributed by atoms with Crippen LogP contribution in [0.4, 0.5) is 5.69 Å². The summed E-state index contributed by atoms with van der Waals surface area (Å²) in [6.45, 7) is 1.76. The van der Waals surface area contributed by atoms with Crippen LogP contribution in [-0.2, 0) is 0 Å². The van der Waals surface area contributed by atoms with Gasteiger partial charge in [0, 0.05) is 7.05 Å². The second-order valence-electron chi connectivity index (χ2n) is 4.51. The van der Waals surface area contributed by atoms with Gasteiger partial charge in [-0.25, -0.2) is 0 Å². The Labute approximate surface area is 118 Å². The summed E-state index contributed by atoms with van der Waals surface area (Å²) in [5, 5.41) is 10.0. The molecule has 2 aromatic rings. The van der Waals surface area contributed by atoms with Gasteiger partial charge in [-0.15, -0.1) is 0 Å². The third-order valence-corrected chi connectivity index (χ3v) is 3.22. The van der Waals surface area contributed by atoms with Crippen molar-refractivity contribution in [1.82, 2.24) is 0 Å². The van der Waals surface area contributed by atoms with Crippen LogP contribution in [0.3, 0.4) is 0 Å². The molecule has 0 aliphatic heterocycles. The van der Waals surface area contributed by atoms with Gasteiger partial charge in [0.05, 0.1) is 18.4 Å². The zero-order chi connectivity index (χ0) is 14.7. The Kier molecular flexibility index (Phi) is 3.94. The fraction of sp³-hybridized carbons (Fsp3) is 0.188. The summed E-state index contributed by atoms with van der Waals surface area (Å²) in [5.41, 5.74) is 1.60. The molecule has 1 N–H and O–H groups in total. The molecule has 0 atom stereocenters. The molecule has 0 spiro atoms. The predicted molar refractivity (Wildman–Crippen MR) is 78.6 cm³/mol. The number of ether oxygens (including phenoxy) is 1. The lowest BCUT2D eigenvalue weighted by atomic mass is 10.1. The first-order chi connectivity index (χ1) is 9.56. The second kappa shape index (κ2) is 5.65. The number of amides is 1. The molecule has 4 heteroatoms. The highest BCUT2D eigenvalue weighted by Gasteiger charge is 2.20. The molecule has 0 heterocycles. The number of phenols is 1. The highest BCUT2D eigenvalue weighted by atomic mass is 16.5. The van der Waals surface area contributed by atoms with Gasteiger partial charge in [-0.1, -0.05) is 24.3 Å². The Bertz CT molecular complexity index is 637. The highest BCUT2D eigenvalue weighted by Crippen LogP contribution is 2.30. The molecule has 2 aromatic carbocycles. The third-order valence-electron chi connectivity index (χ3n) is 3.22. The average molecular weight is 271 g/mol. The van der Waals surface area contributed by atoms with Crippen molar-refractivity contribution in [2.75, 3.05) is 19.1 Å². The molecule has 0 aromatic heterocycles. The Morgan fingerprint density at radius 1 is 1.15 bits per heavy atom. The minimum absolute atomic E-state index is 0.0132. The van der Waals surface area contributed by atoms with Gasteiger partial charge >= 0.3 is 0 Å². The summed E-state index contributed by atoms with van der Waals surface area (Å²) in [6, 6.07) is 12.4. The molecular formula is C16H17NO3. The monoisotopic (exact) mass is 271 g/mol. The number of carbonyl (C=O) groups is 1. The van der Waals surface area contributed by atoms with E-state index >= 15 is 0 Å². The van der Waals surface area contributed by atoms with E-state index in [1.165, 1.54) is 4.90 Å². The van der Waals surface area contributed by atoms with Crippen LogP contribution in [0.1, 0.15) is 15.9 Å². The van der Waals surface area contributed by atoms with Crippen molar-refractivity contribution in [1.29, 1.82) is 0 Å². The third kappa shape index (κ3) is 2.45. The van der Waals surface area contributed by atoms with Gasteiger partial charge in [0.25, 0.3) is 5.91 Å². The first kappa shape index (κ1) is 13.9. The van der Waals surface area contributed by atoms with Gasteiger partial charge in [0.1, 0.15) is 11.5 Å². The van der Waals surface area contributed by atoms with Crippen molar-refractivity contribution in [2.45, 2.75) is 6.92 Å². The van der Waals surface area contributed by atoms with E-state index in [0.29, 0.717) is 17.0 Å². The maximum Gasteiger partial charge on any atom is 0.261 e. The zero-order valence-electron chi connectivity index (χ0n) is 11.8. The van der Waals surface area contributed by atoms with Gasteiger partial charge in [-0.3, -0.25) is 4.79 Å². The number of benzene rings is 2. The molecule has 0 unspecified atom stereocenters. The summed E-state index contributed by atoms with van der Waals surface area (Å²) in [4.78, 5) is 14.0. The Morgan fingerprint density at radius 3 is 2.55 bits per heavy atom. The molecule has 0 saturated heterocycles. The Hall–Kier alpha value is -2.49. The van der Waals surface area contributed by atoms with Crippen LogP contribution in [0.2, 0.25) is 0 Å². The topological polar surface area (TPSA) is 49.8 Å². The lowest BCUT2D eigenvalue weighted by Gasteiger charge is -2.20. The fourth-order valence-corrected chi connectivity index (χ4v) is 2.03. The van der Waals surface area contributed by atoms with Crippen LogP contribution in [0.15, 0.2) is 42.5 Å². The Morgan fingerprint density at radius 2 is 1.85 bits per heavy atom. The van der Waals surface area contributed by atoms with Crippen LogP contribution in [-0.4, -0.2) is 25.2 Å². The first-order valence-electron chi connectivity index (χ1n) is 6.26. The number of aryl methyl sites for hydroxylation is 1. The van der Waals surface area contributed by atoms with E-state index in [2.05, 4.69) is 0 Å². The summed E-state index contributed by atoms with van der Waals surface area (Å²) in [7, 11) is 3.21. The smallest absolute Gasteiger partial charge is 0.261 e. The van der Waals surface area contributed by atoms with E-state index in [1.54, 1.807) is 51.4 Å². The number of hydrogen-bond acceptors (Lipinski definition) is 3. The number of carbonyl (C=O) groups excluding carboxylic acids is 1. The minimum Gasteiger partial charge on any atom is -0.507 e. The molecule has 1 amide bonds. The van der Waals surface area contributed by atoms with E-state index in [0.717, 1.165) is 0 Å². The molecule has 2 rings (SSSR count). The maximum absolute atomic E-state index is 12.5. The SMILES string of the molecule is COc1ccccc1N(C)C(=O)c1cccc(C)c1O. The summed E-state index contributed by atoms with van der Waals surface area (Å²) in [6.07, 6.45) is 0. The van der Waals surface area contributed by atoms with Crippen molar-refractivity contribution in [3.63, 3.8) is 0 Å². The van der Waals surface area contributed by atoms with E-state index in [9.17, 15) is 9.90 Å². The second-order valence-corrected chi connectivity index (χ2v) is 4.51. The molecule has 0 radical (unpaired) electrons. The molecule has 0 saturated carbocycles. The van der Waals surface area contributed by atoms with Crippen LogP contribution in [0.25, 0.3) is 0 Å².